The van der Waals surface area contributed by atoms with Gasteiger partial charge in [-0.25, -0.2) is 8.42 Å². The van der Waals surface area contributed by atoms with Gasteiger partial charge in [0, 0.05) is 0 Å². The van der Waals surface area contributed by atoms with Gasteiger partial charge in [-0.05, 0) is 29.6 Å². The topological polar surface area (TPSA) is 46.2 Å². The van der Waals surface area contributed by atoms with Crippen LogP contribution >= 0.6 is 34.5 Å². The second-order valence-corrected chi connectivity index (χ2v) is 6.84. The van der Waals surface area contributed by atoms with Crippen LogP contribution in [0.5, 0.6) is 0 Å². The molecule has 1 N–H and O–H groups in total. The Morgan fingerprint density at radius 1 is 1.12 bits per heavy atom. The Labute approximate surface area is 113 Å². The van der Waals surface area contributed by atoms with Crippen LogP contribution in [0.25, 0.3) is 0 Å². The lowest BCUT2D eigenvalue weighted by Gasteiger charge is -2.06. The molecule has 0 spiro atoms. The molecule has 0 aliphatic rings. The van der Waals surface area contributed by atoms with E-state index in [1.54, 1.807) is 17.5 Å². The Morgan fingerprint density at radius 3 is 2.47 bits per heavy atom. The van der Waals surface area contributed by atoms with Crippen molar-refractivity contribution < 1.29 is 8.42 Å². The van der Waals surface area contributed by atoms with Gasteiger partial charge in [0.15, 0.2) is 0 Å². The van der Waals surface area contributed by atoms with Crippen LogP contribution in [0.15, 0.2) is 39.9 Å². The first-order valence-corrected chi connectivity index (χ1v) is 7.62. The monoisotopic (exact) mass is 307 g/mol. The second-order valence-electron chi connectivity index (χ2n) is 3.17. The van der Waals surface area contributed by atoms with Crippen molar-refractivity contribution in [2.24, 2.45) is 0 Å². The first-order valence-electron chi connectivity index (χ1n) is 4.50. The highest BCUT2D eigenvalue weighted by Gasteiger charge is 2.15. The minimum absolute atomic E-state index is 0.253. The average molecular weight is 308 g/mol. The number of hydrogen-bond acceptors (Lipinski definition) is 3. The molecule has 0 atom stereocenters. The Balaban J connectivity index is 2.30. The first-order chi connectivity index (χ1) is 7.99. The van der Waals surface area contributed by atoms with E-state index in [0.29, 0.717) is 15.7 Å². The Hall–Kier alpha value is -0.750. The molecule has 17 heavy (non-hydrogen) atoms. The van der Waals surface area contributed by atoms with Gasteiger partial charge in [-0.1, -0.05) is 29.3 Å². The summed E-state index contributed by atoms with van der Waals surface area (Å²) in [6.45, 7) is 0. The van der Waals surface area contributed by atoms with E-state index < -0.39 is 10.0 Å². The number of thiophene rings is 1. The molecule has 0 saturated heterocycles. The third-order valence-corrected chi connectivity index (χ3v) is 5.45. The number of nitrogens with one attached hydrogen (secondary N) is 1. The molecule has 0 radical (unpaired) electrons. The average Bonchev–Trinajstić information content (AvgIpc) is 2.77. The van der Waals surface area contributed by atoms with Crippen molar-refractivity contribution in [2.75, 3.05) is 4.72 Å². The van der Waals surface area contributed by atoms with E-state index in [9.17, 15) is 8.42 Å². The summed E-state index contributed by atoms with van der Waals surface area (Å²) in [5.41, 5.74) is 0.382. The van der Waals surface area contributed by atoms with E-state index in [0.717, 1.165) is 11.3 Å². The molecular weight excluding hydrogens is 301 g/mol. The molecule has 0 bridgehead atoms. The number of benzene rings is 1. The number of hydrogen-bond donors (Lipinski definition) is 1. The van der Waals surface area contributed by atoms with Crippen molar-refractivity contribution in [3.63, 3.8) is 0 Å². The number of anilines is 1. The molecule has 0 aliphatic heterocycles. The van der Waals surface area contributed by atoms with Crippen LogP contribution in [0, 0.1) is 0 Å². The zero-order chi connectivity index (χ0) is 12.5. The van der Waals surface area contributed by atoms with Crippen molar-refractivity contribution in [2.45, 2.75) is 4.21 Å². The van der Waals surface area contributed by atoms with E-state index in [2.05, 4.69) is 4.72 Å². The number of rotatable bonds is 3. The lowest BCUT2D eigenvalue weighted by atomic mass is 10.3. The fourth-order valence-corrected chi connectivity index (χ4v) is 3.52. The lowest BCUT2D eigenvalue weighted by molar-refractivity contribution is 0.603. The van der Waals surface area contributed by atoms with Gasteiger partial charge < -0.3 is 0 Å². The van der Waals surface area contributed by atoms with Crippen molar-refractivity contribution in [3.05, 3.63) is 45.8 Å². The predicted molar refractivity (Wildman–Crippen MR) is 71.6 cm³/mol. The molecule has 7 heteroatoms. The molecule has 1 aromatic heterocycles. The van der Waals surface area contributed by atoms with Crippen LogP contribution < -0.4 is 4.72 Å². The van der Waals surface area contributed by atoms with Crippen molar-refractivity contribution in [1.82, 2.24) is 0 Å². The SMILES string of the molecule is O=S(=O)(Nc1ccc(Cl)c(Cl)c1)c1cccs1. The van der Waals surface area contributed by atoms with Gasteiger partial charge >= 0.3 is 0 Å². The van der Waals surface area contributed by atoms with Crippen LogP contribution in [-0.4, -0.2) is 8.42 Å². The molecular formula is C10H7Cl2NO2S2. The minimum atomic E-state index is -3.53. The smallest absolute Gasteiger partial charge is 0.271 e. The van der Waals surface area contributed by atoms with Gasteiger partial charge in [0.25, 0.3) is 10.0 Å². The maximum atomic E-state index is 11.9. The van der Waals surface area contributed by atoms with E-state index >= 15 is 0 Å². The zero-order valence-electron chi connectivity index (χ0n) is 8.35. The fraction of sp³-hybridized carbons (Fsp3) is 0. The molecule has 0 fully saturated rings. The summed E-state index contributed by atoms with van der Waals surface area (Å²) in [6, 6.07) is 7.77. The molecule has 0 unspecified atom stereocenters. The summed E-state index contributed by atoms with van der Waals surface area (Å²) in [6.07, 6.45) is 0. The summed E-state index contributed by atoms with van der Waals surface area (Å²) in [5, 5.41) is 2.38. The van der Waals surface area contributed by atoms with E-state index in [4.69, 9.17) is 23.2 Å². The minimum Gasteiger partial charge on any atom is -0.279 e. The maximum Gasteiger partial charge on any atom is 0.271 e. The first kappa shape index (κ1) is 12.7. The van der Waals surface area contributed by atoms with Crippen LogP contribution in [0.1, 0.15) is 0 Å². The van der Waals surface area contributed by atoms with E-state index in [1.807, 2.05) is 0 Å². The molecule has 3 nitrogen and oxygen atoms in total. The van der Waals surface area contributed by atoms with Crippen molar-refractivity contribution in [3.8, 4) is 0 Å². The van der Waals surface area contributed by atoms with Crippen LogP contribution in [0.2, 0.25) is 10.0 Å². The number of halogens is 2. The normalized spacial score (nSPS) is 11.4. The van der Waals surface area contributed by atoms with Crippen molar-refractivity contribution >= 4 is 50.2 Å². The van der Waals surface area contributed by atoms with E-state index in [-0.39, 0.29) is 4.21 Å². The highest BCUT2D eigenvalue weighted by atomic mass is 35.5. The lowest BCUT2D eigenvalue weighted by Crippen LogP contribution is -2.11. The molecule has 2 rings (SSSR count). The van der Waals surface area contributed by atoms with Crippen LogP contribution in [0.4, 0.5) is 5.69 Å². The molecule has 90 valence electrons. The predicted octanol–water partition coefficient (Wildman–Crippen LogP) is 3.86. The molecule has 0 aliphatic carbocycles. The zero-order valence-corrected chi connectivity index (χ0v) is 11.5. The fourth-order valence-electron chi connectivity index (χ4n) is 1.18. The van der Waals surface area contributed by atoms with Gasteiger partial charge in [0.1, 0.15) is 4.21 Å². The Kier molecular flexibility index (Phi) is 3.63. The Morgan fingerprint density at radius 2 is 1.88 bits per heavy atom. The summed E-state index contributed by atoms with van der Waals surface area (Å²) in [4.78, 5) is 0. The third kappa shape index (κ3) is 2.93. The molecule has 0 amide bonds. The van der Waals surface area contributed by atoms with Gasteiger partial charge in [0.05, 0.1) is 15.7 Å². The van der Waals surface area contributed by atoms with Gasteiger partial charge in [-0.2, -0.15) is 0 Å². The summed E-state index contributed by atoms with van der Waals surface area (Å²) >= 11 is 12.7. The molecule has 1 aromatic carbocycles. The second kappa shape index (κ2) is 4.86. The highest BCUT2D eigenvalue weighted by Crippen LogP contribution is 2.27. The number of sulfonamides is 1. The highest BCUT2D eigenvalue weighted by molar-refractivity contribution is 7.94. The van der Waals surface area contributed by atoms with Gasteiger partial charge in [-0.15, -0.1) is 11.3 Å². The van der Waals surface area contributed by atoms with Crippen LogP contribution in [0.3, 0.4) is 0 Å². The van der Waals surface area contributed by atoms with Crippen LogP contribution in [-0.2, 0) is 10.0 Å². The molecule has 2 aromatic rings. The van der Waals surface area contributed by atoms with Gasteiger partial charge in [0.2, 0.25) is 0 Å². The quantitative estimate of drug-likeness (QED) is 0.936. The molecule has 0 saturated carbocycles. The van der Waals surface area contributed by atoms with Gasteiger partial charge in [-0.3, -0.25) is 4.72 Å². The molecule has 1 heterocycles. The van der Waals surface area contributed by atoms with Crippen molar-refractivity contribution in [1.29, 1.82) is 0 Å². The largest absolute Gasteiger partial charge is 0.279 e. The maximum absolute atomic E-state index is 11.9. The van der Waals surface area contributed by atoms with E-state index in [1.165, 1.54) is 18.2 Å². The summed E-state index contributed by atoms with van der Waals surface area (Å²) in [7, 11) is -3.53. The summed E-state index contributed by atoms with van der Waals surface area (Å²) < 4.78 is 26.4. The Bertz CT molecular complexity index is 624. The third-order valence-electron chi connectivity index (χ3n) is 1.93. The summed E-state index contributed by atoms with van der Waals surface area (Å²) in [5.74, 6) is 0. The standard InChI is InChI=1S/C10H7Cl2NO2S2/c11-8-4-3-7(6-9(8)12)13-17(14,15)10-2-1-5-16-10/h1-6,13H.